The van der Waals surface area contributed by atoms with Crippen molar-refractivity contribution in [3.63, 3.8) is 0 Å². The lowest BCUT2D eigenvalue weighted by molar-refractivity contribution is -0.0660. The quantitative estimate of drug-likeness (QED) is 0.349. The lowest BCUT2D eigenvalue weighted by Crippen LogP contribution is -2.56. The van der Waals surface area contributed by atoms with Crippen LogP contribution >= 0.6 is 0 Å². The summed E-state index contributed by atoms with van der Waals surface area (Å²) < 4.78 is 11.6. The smallest absolute Gasteiger partial charge is 0.137 e. The summed E-state index contributed by atoms with van der Waals surface area (Å²) in [4.78, 5) is 10.8. The fourth-order valence-corrected chi connectivity index (χ4v) is 6.26. The molecule has 42 heavy (non-hydrogen) atoms. The summed E-state index contributed by atoms with van der Waals surface area (Å²) in [6.07, 6.45) is 2.01. The molecule has 0 atom stereocenters. The maximum atomic E-state index is 9.88. The molecule has 220 valence electrons. The number of aromatic nitrogens is 1. The highest BCUT2D eigenvalue weighted by Gasteiger charge is 2.29. The van der Waals surface area contributed by atoms with Crippen LogP contribution in [-0.2, 0) is 4.74 Å². The molecule has 1 aromatic heterocycles. The molecule has 3 fully saturated rings. The van der Waals surface area contributed by atoms with Gasteiger partial charge in [-0.2, -0.15) is 5.26 Å². The standard InChI is InChI=1S/C33H41N7O2/c1-22-16-23(4-6-30(22)40-14-12-39(13-15-40)26-20-41-21-26)29-18-28(33(36-2)37-29)32(35)24-5-7-31(25(17-24)19-34)42-27-8-10-38(3)11-9-27/h4-7,16-18,26-27,35-37H,8-15,20-21H2,1-3H3. The molecule has 9 heteroatoms. The second-order valence-corrected chi connectivity index (χ2v) is 11.8. The molecule has 9 nitrogen and oxygen atoms in total. The number of anilines is 2. The SMILES string of the molecule is CNc1[nH]c(-c2ccc(N3CCN(C4COC4)CC3)c(C)c2)cc1C(=N)c1ccc(OC2CCN(C)CC2)c(C#N)c1. The molecule has 2 aromatic carbocycles. The third kappa shape index (κ3) is 5.75. The van der Waals surface area contributed by atoms with Gasteiger partial charge in [0.05, 0.1) is 30.5 Å². The van der Waals surface area contributed by atoms with E-state index in [1.807, 2.05) is 25.2 Å². The Kier molecular flexibility index (Phi) is 8.20. The first-order valence-electron chi connectivity index (χ1n) is 15.0. The number of nitriles is 1. The Bertz CT molecular complexity index is 1470. The van der Waals surface area contributed by atoms with Crippen molar-refractivity contribution in [1.29, 1.82) is 10.7 Å². The van der Waals surface area contributed by atoms with Crippen molar-refractivity contribution in [2.24, 2.45) is 0 Å². The number of piperazine rings is 1. The lowest BCUT2D eigenvalue weighted by Gasteiger charge is -2.43. The monoisotopic (exact) mass is 567 g/mol. The molecule has 0 saturated carbocycles. The van der Waals surface area contributed by atoms with Crippen LogP contribution in [0.2, 0.25) is 0 Å². The van der Waals surface area contributed by atoms with E-state index in [0.717, 1.165) is 88.0 Å². The summed E-state index contributed by atoms with van der Waals surface area (Å²) in [5.74, 6) is 1.37. The van der Waals surface area contributed by atoms with Gasteiger partial charge in [-0.05, 0) is 74.3 Å². The Morgan fingerprint density at radius 1 is 1.05 bits per heavy atom. The third-order valence-electron chi connectivity index (χ3n) is 8.98. The van der Waals surface area contributed by atoms with Gasteiger partial charge in [0.25, 0.3) is 0 Å². The van der Waals surface area contributed by atoms with Crippen LogP contribution in [0.1, 0.15) is 35.1 Å². The molecule has 3 aliphatic heterocycles. The summed E-state index contributed by atoms with van der Waals surface area (Å²) in [6, 6.07) is 17.0. The van der Waals surface area contributed by atoms with Crippen LogP contribution in [-0.4, -0.2) is 99.2 Å². The van der Waals surface area contributed by atoms with Gasteiger partial charge >= 0.3 is 0 Å². The fourth-order valence-electron chi connectivity index (χ4n) is 6.26. The van der Waals surface area contributed by atoms with Gasteiger partial charge in [0.2, 0.25) is 0 Å². The van der Waals surface area contributed by atoms with E-state index >= 15 is 0 Å². The Morgan fingerprint density at radius 2 is 1.81 bits per heavy atom. The number of ether oxygens (including phenoxy) is 2. The van der Waals surface area contributed by atoms with Crippen LogP contribution in [0, 0.1) is 23.7 Å². The molecule has 6 rings (SSSR count). The zero-order valence-electron chi connectivity index (χ0n) is 24.9. The number of hydrogen-bond donors (Lipinski definition) is 3. The molecule has 0 aliphatic carbocycles. The maximum Gasteiger partial charge on any atom is 0.137 e. The summed E-state index contributed by atoms with van der Waals surface area (Å²) in [5.41, 5.74) is 6.81. The highest BCUT2D eigenvalue weighted by Crippen LogP contribution is 2.32. The first-order valence-corrected chi connectivity index (χ1v) is 15.0. The molecule has 4 heterocycles. The Hall–Kier alpha value is -3.84. The van der Waals surface area contributed by atoms with Gasteiger partial charge in [-0.1, -0.05) is 6.07 Å². The molecule has 0 spiro atoms. The molecule has 0 unspecified atom stereocenters. The minimum absolute atomic E-state index is 0.114. The highest BCUT2D eigenvalue weighted by molar-refractivity contribution is 6.14. The highest BCUT2D eigenvalue weighted by atomic mass is 16.5. The van der Waals surface area contributed by atoms with Crippen LogP contribution in [0.25, 0.3) is 11.3 Å². The van der Waals surface area contributed by atoms with Gasteiger partial charge in [-0.3, -0.25) is 10.3 Å². The van der Waals surface area contributed by atoms with Crippen molar-refractivity contribution in [2.75, 3.05) is 76.8 Å². The average molecular weight is 568 g/mol. The number of hydrogen-bond acceptors (Lipinski definition) is 8. The van der Waals surface area contributed by atoms with Gasteiger partial charge in [0.1, 0.15) is 23.7 Å². The predicted octanol–water partition coefficient (Wildman–Crippen LogP) is 4.31. The van der Waals surface area contributed by atoms with Gasteiger partial charge in [-0.25, -0.2) is 0 Å². The van der Waals surface area contributed by atoms with Crippen LogP contribution in [0.5, 0.6) is 5.75 Å². The molecular formula is C33H41N7O2. The summed E-state index contributed by atoms with van der Waals surface area (Å²) >= 11 is 0. The van der Waals surface area contributed by atoms with Crippen molar-refractivity contribution in [2.45, 2.75) is 31.9 Å². The number of benzene rings is 2. The van der Waals surface area contributed by atoms with Gasteiger partial charge in [0, 0.05) is 68.8 Å². The van der Waals surface area contributed by atoms with E-state index in [2.05, 4.69) is 63.2 Å². The van der Waals surface area contributed by atoms with E-state index in [1.54, 1.807) is 6.07 Å². The van der Waals surface area contributed by atoms with Crippen LogP contribution in [0.3, 0.4) is 0 Å². The number of nitrogens with zero attached hydrogens (tertiary/aromatic N) is 4. The number of nitrogens with one attached hydrogen (secondary N) is 3. The minimum Gasteiger partial charge on any atom is -0.489 e. The van der Waals surface area contributed by atoms with Crippen LogP contribution in [0.4, 0.5) is 11.5 Å². The Morgan fingerprint density at radius 3 is 2.45 bits per heavy atom. The summed E-state index contributed by atoms with van der Waals surface area (Å²) in [6.45, 7) is 10.1. The largest absolute Gasteiger partial charge is 0.489 e. The van der Waals surface area contributed by atoms with E-state index in [-0.39, 0.29) is 6.10 Å². The van der Waals surface area contributed by atoms with Crippen molar-refractivity contribution >= 4 is 17.2 Å². The van der Waals surface area contributed by atoms with Crippen LogP contribution < -0.4 is 15.0 Å². The normalized spacial score (nSPS) is 18.9. The summed E-state index contributed by atoms with van der Waals surface area (Å²) in [5, 5.41) is 22.1. The van der Waals surface area contributed by atoms with E-state index in [0.29, 0.717) is 28.6 Å². The molecule has 3 aromatic rings. The third-order valence-corrected chi connectivity index (χ3v) is 8.98. The predicted molar refractivity (Wildman–Crippen MR) is 167 cm³/mol. The molecular weight excluding hydrogens is 526 g/mol. The number of likely N-dealkylation sites (tertiary alicyclic amines) is 1. The maximum absolute atomic E-state index is 9.88. The number of H-pyrrole nitrogens is 1. The molecule has 0 radical (unpaired) electrons. The second-order valence-electron chi connectivity index (χ2n) is 11.8. The lowest BCUT2D eigenvalue weighted by atomic mass is 10.00. The van der Waals surface area contributed by atoms with Gasteiger partial charge in [-0.15, -0.1) is 0 Å². The van der Waals surface area contributed by atoms with Gasteiger partial charge in [0.15, 0.2) is 0 Å². The second kappa shape index (κ2) is 12.2. The van der Waals surface area contributed by atoms with Crippen molar-refractivity contribution in [3.8, 4) is 23.1 Å². The molecule has 3 saturated heterocycles. The average Bonchev–Trinajstić information content (AvgIpc) is 3.42. The van der Waals surface area contributed by atoms with E-state index < -0.39 is 0 Å². The zero-order valence-corrected chi connectivity index (χ0v) is 24.9. The molecule has 3 N–H and O–H groups in total. The first kappa shape index (κ1) is 28.3. The number of rotatable bonds is 8. The summed E-state index contributed by atoms with van der Waals surface area (Å²) in [7, 11) is 3.98. The zero-order chi connectivity index (χ0) is 29.2. The minimum atomic E-state index is 0.114. The topological polar surface area (TPSA) is 104 Å². The molecule has 3 aliphatic rings. The van der Waals surface area contributed by atoms with Crippen molar-refractivity contribution < 1.29 is 9.47 Å². The number of piperidine rings is 1. The van der Waals surface area contributed by atoms with E-state index in [4.69, 9.17) is 14.9 Å². The van der Waals surface area contributed by atoms with Crippen LogP contribution in [0.15, 0.2) is 42.5 Å². The van der Waals surface area contributed by atoms with Crippen molar-refractivity contribution in [3.05, 3.63) is 64.7 Å². The van der Waals surface area contributed by atoms with E-state index in [9.17, 15) is 5.26 Å². The number of aromatic amines is 1. The Labute approximate surface area is 248 Å². The van der Waals surface area contributed by atoms with Crippen molar-refractivity contribution in [1.82, 2.24) is 14.8 Å². The Balaban J connectivity index is 1.17. The first-order chi connectivity index (χ1) is 20.4. The molecule has 0 bridgehead atoms. The van der Waals surface area contributed by atoms with Gasteiger partial charge < -0.3 is 29.6 Å². The molecule has 0 amide bonds. The van der Waals surface area contributed by atoms with E-state index in [1.165, 1.54) is 11.3 Å². The number of aryl methyl sites for hydroxylation is 1. The fraction of sp³-hybridized carbons (Fsp3) is 0.455.